The van der Waals surface area contributed by atoms with Crippen molar-refractivity contribution in [1.29, 1.82) is 0 Å². The number of aryl methyl sites for hydroxylation is 1. The van der Waals surface area contributed by atoms with Gasteiger partial charge in [-0.05, 0) is 31.9 Å². The first kappa shape index (κ1) is 15.2. The van der Waals surface area contributed by atoms with Crippen molar-refractivity contribution in [3.05, 3.63) is 29.6 Å². The fraction of sp³-hybridized carbons (Fsp3) is 0.467. The van der Waals surface area contributed by atoms with Crippen molar-refractivity contribution in [3.63, 3.8) is 0 Å². The average Bonchev–Trinajstić information content (AvgIpc) is 2.45. The smallest absolute Gasteiger partial charge is 0.277 e. The molecule has 0 unspecified atom stereocenters. The quantitative estimate of drug-likeness (QED) is 0.857. The van der Waals surface area contributed by atoms with Gasteiger partial charge >= 0.3 is 6.03 Å². The van der Waals surface area contributed by atoms with Gasteiger partial charge in [0.05, 0.1) is 12.2 Å². The second-order valence-electron chi connectivity index (χ2n) is 5.21. The zero-order valence-electron chi connectivity index (χ0n) is 12.5. The molecule has 1 N–H and O–H groups in total. The molecule has 4 amide bonds. The third-order valence-corrected chi connectivity index (χ3v) is 4.03. The number of urea groups is 1. The maximum atomic E-state index is 12.6. The lowest BCUT2D eigenvalue weighted by atomic mass is 9.78. The fourth-order valence-electron chi connectivity index (χ4n) is 2.60. The number of aromatic nitrogens is 1. The van der Waals surface area contributed by atoms with Gasteiger partial charge in [0.15, 0.2) is 0 Å². The van der Waals surface area contributed by atoms with Crippen molar-refractivity contribution in [3.8, 4) is 0 Å². The van der Waals surface area contributed by atoms with E-state index in [0.717, 1.165) is 10.6 Å². The van der Waals surface area contributed by atoms with Crippen LogP contribution in [0.1, 0.15) is 38.1 Å². The summed E-state index contributed by atoms with van der Waals surface area (Å²) in [6.45, 7) is 5.47. The first-order valence-corrected chi connectivity index (χ1v) is 7.04. The third-order valence-electron chi connectivity index (χ3n) is 4.03. The zero-order valence-corrected chi connectivity index (χ0v) is 12.5. The molecule has 6 heteroatoms. The number of pyridine rings is 1. The van der Waals surface area contributed by atoms with Gasteiger partial charge in [0.25, 0.3) is 0 Å². The van der Waals surface area contributed by atoms with Crippen molar-refractivity contribution < 1.29 is 14.4 Å². The van der Waals surface area contributed by atoms with Crippen LogP contribution in [0.3, 0.4) is 0 Å². The lowest BCUT2D eigenvalue weighted by Gasteiger charge is -2.38. The van der Waals surface area contributed by atoms with E-state index in [9.17, 15) is 14.4 Å². The minimum atomic E-state index is -1.16. The number of amides is 4. The Labute approximate surface area is 123 Å². The Morgan fingerprint density at radius 1 is 1.19 bits per heavy atom. The topological polar surface area (TPSA) is 79.4 Å². The molecule has 0 atom stereocenters. The summed E-state index contributed by atoms with van der Waals surface area (Å²) < 4.78 is 0. The summed E-state index contributed by atoms with van der Waals surface area (Å²) in [5.41, 5.74) is 0.275. The molecular formula is C15H19N3O3. The maximum absolute atomic E-state index is 12.6. The van der Waals surface area contributed by atoms with E-state index in [2.05, 4.69) is 10.3 Å². The average molecular weight is 289 g/mol. The molecule has 2 heterocycles. The number of imide groups is 2. The summed E-state index contributed by atoms with van der Waals surface area (Å²) in [5, 5.41) is 2.29. The molecule has 0 spiro atoms. The van der Waals surface area contributed by atoms with Gasteiger partial charge in [-0.3, -0.25) is 24.8 Å². The van der Waals surface area contributed by atoms with Crippen LogP contribution in [0, 0.1) is 12.3 Å². The number of carbonyl (C=O) groups excluding carboxylic acids is 3. The van der Waals surface area contributed by atoms with E-state index in [0.29, 0.717) is 18.5 Å². The number of hydrogen-bond acceptors (Lipinski definition) is 4. The largest absolute Gasteiger partial charge is 0.331 e. The van der Waals surface area contributed by atoms with Crippen LogP contribution in [0.25, 0.3) is 0 Å². The van der Waals surface area contributed by atoms with Crippen molar-refractivity contribution in [1.82, 2.24) is 15.2 Å². The van der Waals surface area contributed by atoms with Gasteiger partial charge in [0.1, 0.15) is 5.41 Å². The van der Waals surface area contributed by atoms with Gasteiger partial charge in [-0.15, -0.1) is 0 Å². The lowest BCUT2D eigenvalue weighted by molar-refractivity contribution is -0.152. The normalized spacial score (nSPS) is 17.9. The van der Waals surface area contributed by atoms with Crippen molar-refractivity contribution in [2.45, 2.75) is 40.2 Å². The second kappa shape index (κ2) is 5.63. The molecule has 1 aliphatic rings. The molecule has 1 aliphatic heterocycles. The van der Waals surface area contributed by atoms with Crippen LogP contribution in [0.5, 0.6) is 0 Å². The zero-order chi connectivity index (χ0) is 15.6. The summed E-state index contributed by atoms with van der Waals surface area (Å²) in [6.07, 6.45) is 0.721. The standard InChI is InChI=1S/C15H19N3O3/c1-4-15(5-2)12(19)17-14(21)18(13(15)20)9-11-8-6-7-10(3)16-11/h6-8H,4-5,9H2,1-3H3,(H,17,19,21). The van der Waals surface area contributed by atoms with E-state index >= 15 is 0 Å². The summed E-state index contributed by atoms with van der Waals surface area (Å²) in [4.78, 5) is 42.0. The maximum Gasteiger partial charge on any atom is 0.331 e. The molecule has 21 heavy (non-hydrogen) atoms. The van der Waals surface area contributed by atoms with Crippen LogP contribution in [-0.4, -0.2) is 27.7 Å². The molecule has 0 saturated carbocycles. The van der Waals surface area contributed by atoms with Crippen LogP contribution >= 0.6 is 0 Å². The van der Waals surface area contributed by atoms with E-state index < -0.39 is 23.3 Å². The number of carbonyl (C=O) groups is 3. The minimum absolute atomic E-state index is 0.0708. The summed E-state index contributed by atoms with van der Waals surface area (Å²) in [6, 6.07) is 4.74. The van der Waals surface area contributed by atoms with Gasteiger partial charge in [0, 0.05) is 5.69 Å². The van der Waals surface area contributed by atoms with Crippen molar-refractivity contribution in [2.24, 2.45) is 5.41 Å². The highest BCUT2D eigenvalue weighted by molar-refractivity contribution is 6.19. The van der Waals surface area contributed by atoms with Crippen LogP contribution in [0.15, 0.2) is 18.2 Å². The fourth-order valence-corrected chi connectivity index (χ4v) is 2.60. The van der Waals surface area contributed by atoms with Crippen molar-refractivity contribution >= 4 is 17.8 Å². The Morgan fingerprint density at radius 3 is 2.43 bits per heavy atom. The van der Waals surface area contributed by atoms with Gasteiger partial charge in [0.2, 0.25) is 11.8 Å². The van der Waals surface area contributed by atoms with Gasteiger partial charge in [-0.2, -0.15) is 0 Å². The Balaban J connectivity index is 2.32. The number of hydrogen-bond donors (Lipinski definition) is 1. The van der Waals surface area contributed by atoms with E-state index in [-0.39, 0.29) is 6.54 Å². The molecule has 1 aromatic heterocycles. The Kier molecular flexibility index (Phi) is 4.06. The van der Waals surface area contributed by atoms with Crippen molar-refractivity contribution in [2.75, 3.05) is 0 Å². The van der Waals surface area contributed by atoms with E-state index in [4.69, 9.17) is 0 Å². The first-order valence-electron chi connectivity index (χ1n) is 7.04. The molecule has 6 nitrogen and oxygen atoms in total. The predicted molar refractivity (Wildman–Crippen MR) is 76.1 cm³/mol. The highest BCUT2D eigenvalue weighted by atomic mass is 16.2. The predicted octanol–water partition coefficient (Wildman–Crippen LogP) is 1.77. The summed E-state index contributed by atoms with van der Waals surface area (Å²) >= 11 is 0. The minimum Gasteiger partial charge on any atom is -0.277 e. The summed E-state index contributed by atoms with van der Waals surface area (Å²) in [5.74, 6) is -0.944. The highest BCUT2D eigenvalue weighted by Gasteiger charge is 2.51. The lowest BCUT2D eigenvalue weighted by Crippen LogP contribution is -2.63. The molecule has 0 aromatic carbocycles. The van der Waals surface area contributed by atoms with Crippen LogP contribution in [-0.2, 0) is 16.1 Å². The number of barbiturate groups is 1. The highest BCUT2D eigenvalue weighted by Crippen LogP contribution is 2.32. The molecule has 0 bridgehead atoms. The van der Waals surface area contributed by atoms with Gasteiger partial charge < -0.3 is 0 Å². The van der Waals surface area contributed by atoms with Crippen LogP contribution in [0.4, 0.5) is 4.79 Å². The monoisotopic (exact) mass is 289 g/mol. The van der Waals surface area contributed by atoms with Gasteiger partial charge in [-0.25, -0.2) is 4.79 Å². The molecule has 2 rings (SSSR count). The number of nitrogens with one attached hydrogen (secondary N) is 1. The second-order valence-corrected chi connectivity index (χ2v) is 5.21. The Hall–Kier alpha value is -2.24. The molecule has 1 fully saturated rings. The SMILES string of the molecule is CCC1(CC)C(=O)NC(=O)N(Cc2cccc(C)n2)C1=O. The molecule has 1 aromatic rings. The van der Waals surface area contributed by atoms with E-state index in [1.54, 1.807) is 19.9 Å². The molecule has 0 aliphatic carbocycles. The molecule has 0 radical (unpaired) electrons. The Morgan fingerprint density at radius 2 is 1.86 bits per heavy atom. The molecule has 112 valence electrons. The van der Waals surface area contributed by atoms with E-state index in [1.807, 2.05) is 19.1 Å². The van der Waals surface area contributed by atoms with Crippen LogP contribution < -0.4 is 5.32 Å². The molecular weight excluding hydrogens is 270 g/mol. The number of nitrogens with zero attached hydrogens (tertiary/aromatic N) is 2. The number of rotatable bonds is 4. The molecule has 1 saturated heterocycles. The summed E-state index contributed by atoms with van der Waals surface area (Å²) in [7, 11) is 0. The van der Waals surface area contributed by atoms with E-state index in [1.165, 1.54) is 0 Å². The van der Waals surface area contributed by atoms with Crippen LogP contribution in [0.2, 0.25) is 0 Å². The van der Waals surface area contributed by atoms with Gasteiger partial charge in [-0.1, -0.05) is 19.9 Å². The Bertz CT molecular complexity index is 594. The first-order chi connectivity index (χ1) is 9.94. The third kappa shape index (κ3) is 2.53.